The van der Waals surface area contributed by atoms with Crippen LogP contribution in [0.15, 0.2) is 48.7 Å². The van der Waals surface area contributed by atoms with Crippen molar-refractivity contribution in [2.45, 2.75) is 0 Å². The van der Waals surface area contributed by atoms with Crippen molar-refractivity contribution in [3.05, 3.63) is 54.4 Å². The summed E-state index contributed by atoms with van der Waals surface area (Å²) in [6, 6.07) is 13.1. The molecule has 0 spiro atoms. The number of nitrogens with one attached hydrogen (secondary N) is 1. The lowest BCUT2D eigenvalue weighted by molar-refractivity contribution is 0.101. The molecule has 23 heavy (non-hydrogen) atoms. The Morgan fingerprint density at radius 1 is 1.13 bits per heavy atom. The number of halogens is 1. The number of benzene rings is 1. The fraction of sp³-hybridized carbons (Fsp3) is 0.0625. The third-order valence-electron chi connectivity index (χ3n) is 3.76. The number of para-hydroxylation sites is 1. The van der Waals surface area contributed by atoms with Crippen molar-refractivity contribution in [1.82, 2.24) is 18.9 Å². The predicted octanol–water partition coefficient (Wildman–Crippen LogP) is 3.18. The predicted molar refractivity (Wildman–Crippen MR) is 89.7 cm³/mol. The number of pyridine rings is 1. The topological polar surface area (TPSA) is 64.7 Å². The van der Waals surface area contributed by atoms with Gasteiger partial charge in [-0.3, -0.25) is 9.48 Å². The molecule has 3 aromatic heterocycles. The van der Waals surface area contributed by atoms with E-state index >= 15 is 0 Å². The number of nitrogens with zero attached hydrogens (tertiary/aromatic N) is 4. The zero-order chi connectivity index (χ0) is 16.0. The van der Waals surface area contributed by atoms with Crippen LogP contribution in [-0.2, 0) is 7.05 Å². The average Bonchev–Trinajstić information content (AvgIpc) is 3.11. The minimum absolute atomic E-state index is 0.269. The Morgan fingerprint density at radius 2 is 1.96 bits per heavy atom. The number of anilines is 1. The zero-order valence-electron chi connectivity index (χ0n) is 12.2. The first-order valence-corrected chi connectivity index (χ1v) is 7.34. The van der Waals surface area contributed by atoms with Gasteiger partial charge < -0.3 is 5.32 Å². The minimum Gasteiger partial charge on any atom is -0.305 e. The van der Waals surface area contributed by atoms with Gasteiger partial charge >= 0.3 is 0 Å². The van der Waals surface area contributed by atoms with Gasteiger partial charge in [0.25, 0.3) is 5.91 Å². The van der Waals surface area contributed by atoms with Gasteiger partial charge in [-0.05, 0) is 24.3 Å². The standard InChI is InChI=1S/C16H12ClN5O/c1-21-13(8-9-18-21)16(23)20-14-7-6-11-10-4-2-3-5-12(10)22(17)15(11)19-14/h2-9H,1H3,(H,19,20,23). The molecule has 4 aromatic rings. The minimum atomic E-state index is -0.269. The Kier molecular flexibility index (Phi) is 3.06. The molecule has 0 aliphatic carbocycles. The van der Waals surface area contributed by atoms with Crippen molar-refractivity contribution in [1.29, 1.82) is 0 Å². The first kappa shape index (κ1) is 13.8. The van der Waals surface area contributed by atoms with Crippen LogP contribution < -0.4 is 5.32 Å². The van der Waals surface area contributed by atoms with Crippen molar-refractivity contribution in [2.75, 3.05) is 5.32 Å². The highest BCUT2D eigenvalue weighted by atomic mass is 35.5. The number of rotatable bonds is 2. The molecule has 0 radical (unpaired) electrons. The van der Waals surface area contributed by atoms with Gasteiger partial charge in [-0.25, -0.2) is 9.07 Å². The van der Waals surface area contributed by atoms with E-state index in [1.54, 1.807) is 25.4 Å². The molecule has 0 saturated carbocycles. The van der Waals surface area contributed by atoms with Gasteiger partial charge in [0.05, 0.1) is 5.52 Å². The van der Waals surface area contributed by atoms with E-state index in [0.29, 0.717) is 17.2 Å². The molecule has 0 saturated heterocycles. The van der Waals surface area contributed by atoms with Gasteiger partial charge in [-0.1, -0.05) is 18.2 Å². The maximum atomic E-state index is 12.2. The maximum absolute atomic E-state index is 12.2. The van der Waals surface area contributed by atoms with Crippen LogP contribution >= 0.6 is 11.8 Å². The maximum Gasteiger partial charge on any atom is 0.275 e. The molecule has 1 aromatic carbocycles. The third kappa shape index (κ3) is 2.15. The second-order valence-electron chi connectivity index (χ2n) is 5.16. The fourth-order valence-corrected chi connectivity index (χ4v) is 2.92. The van der Waals surface area contributed by atoms with Crippen LogP contribution in [0.1, 0.15) is 10.5 Å². The lowest BCUT2D eigenvalue weighted by Crippen LogP contribution is -2.16. The summed E-state index contributed by atoms with van der Waals surface area (Å²) in [5.74, 6) is 0.169. The Morgan fingerprint density at radius 3 is 2.74 bits per heavy atom. The van der Waals surface area contributed by atoms with Gasteiger partial charge in [0.2, 0.25) is 0 Å². The van der Waals surface area contributed by atoms with Crippen LogP contribution in [0.4, 0.5) is 5.82 Å². The zero-order valence-corrected chi connectivity index (χ0v) is 12.9. The Labute approximate surface area is 136 Å². The number of aryl methyl sites for hydroxylation is 1. The van der Waals surface area contributed by atoms with Crippen molar-refractivity contribution in [3.8, 4) is 0 Å². The van der Waals surface area contributed by atoms with Crippen molar-refractivity contribution < 1.29 is 4.79 Å². The molecular weight excluding hydrogens is 314 g/mol. The molecule has 7 heteroatoms. The Balaban J connectivity index is 1.77. The fourth-order valence-electron chi connectivity index (χ4n) is 2.64. The summed E-state index contributed by atoms with van der Waals surface area (Å²) in [6.45, 7) is 0. The van der Waals surface area contributed by atoms with Gasteiger partial charge in [-0.2, -0.15) is 5.10 Å². The third-order valence-corrected chi connectivity index (χ3v) is 4.10. The van der Waals surface area contributed by atoms with E-state index < -0.39 is 0 Å². The summed E-state index contributed by atoms with van der Waals surface area (Å²) in [5, 5.41) is 8.71. The molecule has 0 bridgehead atoms. The van der Waals surface area contributed by atoms with Crippen LogP contribution in [0.3, 0.4) is 0 Å². The summed E-state index contributed by atoms with van der Waals surface area (Å²) in [4.78, 5) is 16.7. The molecule has 6 nitrogen and oxygen atoms in total. The van der Waals surface area contributed by atoms with E-state index in [4.69, 9.17) is 11.8 Å². The molecule has 0 unspecified atom stereocenters. The first-order valence-electron chi connectivity index (χ1n) is 7.01. The number of fused-ring (bicyclic) bond motifs is 3. The Bertz CT molecular complexity index is 1050. The SMILES string of the molecule is Cn1nccc1C(=O)Nc1ccc2c3ccccc3n(Cl)c2n1. The summed E-state index contributed by atoms with van der Waals surface area (Å²) in [6.07, 6.45) is 1.57. The lowest BCUT2D eigenvalue weighted by Gasteiger charge is -2.05. The van der Waals surface area contributed by atoms with Gasteiger partial charge in [-0.15, -0.1) is 0 Å². The molecular formula is C16H12ClN5O. The monoisotopic (exact) mass is 325 g/mol. The van der Waals surface area contributed by atoms with E-state index in [9.17, 15) is 4.79 Å². The second-order valence-corrected chi connectivity index (χ2v) is 5.50. The number of hydrogen-bond donors (Lipinski definition) is 1. The van der Waals surface area contributed by atoms with Crippen molar-refractivity contribution >= 4 is 45.4 Å². The van der Waals surface area contributed by atoms with Gasteiger partial charge in [0.15, 0.2) is 5.65 Å². The van der Waals surface area contributed by atoms with E-state index in [2.05, 4.69) is 15.4 Å². The summed E-state index contributed by atoms with van der Waals surface area (Å²) in [5.41, 5.74) is 1.95. The molecule has 0 atom stereocenters. The summed E-state index contributed by atoms with van der Waals surface area (Å²) in [7, 11) is 1.71. The summed E-state index contributed by atoms with van der Waals surface area (Å²) < 4.78 is 3.01. The number of carbonyl (C=O) groups is 1. The van der Waals surface area contributed by atoms with Crippen LogP contribution in [0.25, 0.3) is 21.9 Å². The molecule has 1 amide bonds. The molecule has 4 rings (SSSR count). The van der Waals surface area contributed by atoms with Gasteiger partial charge in [0.1, 0.15) is 11.5 Å². The molecule has 114 valence electrons. The highest BCUT2D eigenvalue weighted by Crippen LogP contribution is 2.29. The van der Waals surface area contributed by atoms with Crippen LogP contribution in [0.5, 0.6) is 0 Å². The van der Waals surface area contributed by atoms with Crippen molar-refractivity contribution in [3.63, 3.8) is 0 Å². The van der Waals surface area contributed by atoms with Crippen LogP contribution in [0.2, 0.25) is 0 Å². The quantitative estimate of drug-likeness (QED) is 0.615. The lowest BCUT2D eigenvalue weighted by atomic mass is 10.2. The van der Waals surface area contributed by atoms with E-state index in [-0.39, 0.29) is 5.91 Å². The highest BCUT2D eigenvalue weighted by molar-refractivity contribution is 6.26. The number of carbonyl (C=O) groups excluding carboxylic acids is 1. The Hall–Kier alpha value is -2.86. The molecule has 3 heterocycles. The van der Waals surface area contributed by atoms with E-state index in [1.165, 1.54) is 8.77 Å². The molecule has 1 N–H and O–H groups in total. The molecule has 0 aliphatic heterocycles. The average molecular weight is 326 g/mol. The molecule has 0 aliphatic rings. The second kappa shape index (κ2) is 5.10. The first-order chi connectivity index (χ1) is 11.1. The largest absolute Gasteiger partial charge is 0.305 e. The number of amides is 1. The van der Waals surface area contributed by atoms with Crippen molar-refractivity contribution in [2.24, 2.45) is 7.05 Å². The molecule has 0 fully saturated rings. The van der Waals surface area contributed by atoms with Crippen LogP contribution in [-0.4, -0.2) is 24.8 Å². The van der Waals surface area contributed by atoms with Gasteiger partial charge in [0, 0.05) is 35.8 Å². The summed E-state index contributed by atoms with van der Waals surface area (Å²) >= 11 is 6.35. The highest BCUT2D eigenvalue weighted by Gasteiger charge is 2.14. The number of aromatic nitrogens is 4. The van der Waals surface area contributed by atoms with Crippen LogP contribution in [0, 0.1) is 0 Å². The normalized spacial score (nSPS) is 11.2. The van der Waals surface area contributed by atoms with E-state index in [0.717, 1.165) is 16.3 Å². The number of hydrogen-bond acceptors (Lipinski definition) is 3. The van der Waals surface area contributed by atoms with E-state index in [1.807, 2.05) is 30.3 Å². The smallest absolute Gasteiger partial charge is 0.275 e.